The monoisotopic (exact) mass is 488 g/mol. The van der Waals surface area contributed by atoms with Crippen LogP contribution in [0.5, 0.6) is 11.5 Å². The molecule has 0 fully saturated rings. The maximum Gasteiger partial charge on any atom is 0.360 e. The molecule has 36 heavy (non-hydrogen) atoms. The van der Waals surface area contributed by atoms with Crippen LogP contribution in [0.4, 0.5) is 0 Å². The molecule has 0 aliphatic carbocycles. The number of rotatable bonds is 8. The minimum Gasteiger partial charge on any atom is -0.497 e. The molecule has 5 aromatic rings. The molecular formula is C24H20N6O6. The summed E-state index contributed by atoms with van der Waals surface area (Å²) in [6, 6.07) is 16.0. The fourth-order valence-corrected chi connectivity index (χ4v) is 3.66. The Morgan fingerprint density at radius 2 is 1.94 bits per heavy atom. The van der Waals surface area contributed by atoms with E-state index in [-0.39, 0.29) is 41.0 Å². The second-order valence-corrected chi connectivity index (χ2v) is 7.47. The molecule has 0 spiro atoms. The van der Waals surface area contributed by atoms with E-state index in [9.17, 15) is 10.0 Å². The van der Waals surface area contributed by atoms with Crippen molar-refractivity contribution in [3.63, 3.8) is 0 Å². The van der Waals surface area contributed by atoms with Gasteiger partial charge in [0.25, 0.3) is 5.69 Å². The van der Waals surface area contributed by atoms with Crippen LogP contribution in [-0.2, 0) is 11.3 Å². The Hall–Kier alpha value is -5.00. The van der Waals surface area contributed by atoms with Crippen LogP contribution < -0.4 is 14.4 Å². The van der Waals surface area contributed by atoms with Crippen LogP contribution >= 0.6 is 0 Å². The van der Waals surface area contributed by atoms with Gasteiger partial charge in [0.05, 0.1) is 18.9 Å². The van der Waals surface area contributed by atoms with Gasteiger partial charge in [0, 0.05) is 17.1 Å². The van der Waals surface area contributed by atoms with Gasteiger partial charge >= 0.3 is 11.8 Å². The van der Waals surface area contributed by atoms with Gasteiger partial charge in [-0.05, 0) is 48.2 Å². The van der Waals surface area contributed by atoms with E-state index in [4.69, 9.17) is 18.8 Å². The number of ether oxygens (including phenoxy) is 3. The molecule has 0 saturated carbocycles. The summed E-state index contributed by atoms with van der Waals surface area (Å²) in [6.07, 6.45) is 1.66. The summed E-state index contributed by atoms with van der Waals surface area (Å²) in [6.45, 7) is 1.67. The SMILES string of the molecule is CCOC(=O)c1nnn(-c2no[n+]([O-])c2-c2ccc(OC)cc2)c1COc1cccc2cccnc12. The number of pyridine rings is 1. The summed E-state index contributed by atoms with van der Waals surface area (Å²) in [7, 11) is 1.54. The molecule has 0 atom stereocenters. The minimum atomic E-state index is -0.692. The van der Waals surface area contributed by atoms with E-state index >= 15 is 0 Å². The van der Waals surface area contributed by atoms with Crippen molar-refractivity contribution in [2.24, 2.45) is 0 Å². The number of carbonyl (C=O) groups is 1. The first-order valence-electron chi connectivity index (χ1n) is 10.9. The van der Waals surface area contributed by atoms with Crippen molar-refractivity contribution in [3.05, 3.63) is 77.4 Å². The highest BCUT2D eigenvalue weighted by atomic mass is 16.8. The van der Waals surface area contributed by atoms with Gasteiger partial charge in [-0.15, -0.1) is 5.10 Å². The lowest BCUT2D eigenvalue weighted by Gasteiger charge is -2.10. The smallest absolute Gasteiger partial charge is 0.360 e. The zero-order valence-corrected chi connectivity index (χ0v) is 19.3. The number of hydrogen-bond donors (Lipinski definition) is 0. The molecule has 0 N–H and O–H groups in total. The van der Waals surface area contributed by atoms with Crippen LogP contribution in [-0.4, -0.2) is 44.8 Å². The molecule has 12 heteroatoms. The maximum absolute atomic E-state index is 12.6. The van der Waals surface area contributed by atoms with Gasteiger partial charge < -0.3 is 19.4 Å². The first kappa shape index (κ1) is 22.8. The summed E-state index contributed by atoms with van der Waals surface area (Å²) in [5, 5.41) is 25.3. The highest BCUT2D eigenvalue weighted by Crippen LogP contribution is 2.28. The summed E-state index contributed by atoms with van der Waals surface area (Å²) in [4.78, 5) is 17.3. The number of nitrogens with zero attached hydrogens (tertiary/aromatic N) is 6. The quantitative estimate of drug-likeness (QED) is 0.236. The van der Waals surface area contributed by atoms with E-state index in [1.54, 1.807) is 43.5 Å². The number of hydrogen-bond acceptors (Lipinski definition) is 10. The molecular weight excluding hydrogens is 468 g/mol. The van der Waals surface area contributed by atoms with Crippen molar-refractivity contribution in [2.75, 3.05) is 13.7 Å². The molecule has 3 heterocycles. The Kier molecular flexibility index (Phi) is 6.14. The van der Waals surface area contributed by atoms with Crippen LogP contribution in [0.3, 0.4) is 0 Å². The van der Waals surface area contributed by atoms with E-state index in [2.05, 4.69) is 20.5 Å². The van der Waals surface area contributed by atoms with Crippen molar-refractivity contribution in [3.8, 4) is 28.6 Å². The summed E-state index contributed by atoms with van der Waals surface area (Å²) in [5.41, 5.74) is 1.33. The number of carbonyl (C=O) groups excluding carboxylic acids is 1. The largest absolute Gasteiger partial charge is 0.497 e. The highest BCUT2D eigenvalue weighted by molar-refractivity contribution is 5.88. The Labute approximate surface area is 204 Å². The fourth-order valence-electron chi connectivity index (χ4n) is 3.66. The highest BCUT2D eigenvalue weighted by Gasteiger charge is 2.31. The van der Waals surface area contributed by atoms with Gasteiger partial charge in [0.15, 0.2) is 5.69 Å². The van der Waals surface area contributed by atoms with Crippen molar-refractivity contribution in [1.82, 2.24) is 25.1 Å². The number of benzene rings is 2. The Bertz CT molecular complexity index is 1520. The molecule has 0 unspecified atom stereocenters. The Morgan fingerprint density at radius 3 is 2.72 bits per heavy atom. The van der Waals surface area contributed by atoms with E-state index in [0.717, 1.165) is 5.39 Å². The normalized spacial score (nSPS) is 10.9. The Balaban J connectivity index is 1.57. The van der Waals surface area contributed by atoms with E-state index < -0.39 is 5.97 Å². The van der Waals surface area contributed by atoms with Crippen molar-refractivity contribution in [2.45, 2.75) is 13.5 Å². The number of esters is 1. The summed E-state index contributed by atoms with van der Waals surface area (Å²) >= 11 is 0. The molecule has 182 valence electrons. The second-order valence-electron chi connectivity index (χ2n) is 7.47. The van der Waals surface area contributed by atoms with Crippen LogP contribution in [0.25, 0.3) is 28.0 Å². The third kappa shape index (κ3) is 4.15. The topological polar surface area (TPSA) is 141 Å². The predicted octanol–water partition coefficient (Wildman–Crippen LogP) is 2.87. The molecule has 0 aliphatic heterocycles. The zero-order chi connectivity index (χ0) is 25.1. The molecule has 0 amide bonds. The van der Waals surface area contributed by atoms with E-state index in [1.165, 1.54) is 11.8 Å². The number of para-hydroxylation sites is 1. The van der Waals surface area contributed by atoms with Crippen molar-refractivity contribution in [1.29, 1.82) is 0 Å². The lowest BCUT2D eigenvalue weighted by molar-refractivity contribution is -0.793. The molecule has 12 nitrogen and oxygen atoms in total. The molecule has 5 rings (SSSR count). The predicted molar refractivity (Wildman–Crippen MR) is 124 cm³/mol. The van der Waals surface area contributed by atoms with Gasteiger partial charge in [0.1, 0.15) is 29.3 Å². The van der Waals surface area contributed by atoms with E-state index in [0.29, 0.717) is 22.6 Å². The van der Waals surface area contributed by atoms with Crippen molar-refractivity contribution >= 4 is 16.9 Å². The molecule has 0 saturated heterocycles. The first-order valence-corrected chi connectivity index (χ1v) is 10.9. The zero-order valence-electron chi connectivity index (χ0n) is 19.3. The van der Waals surface area contributed by atoms with Gasteiger partial charge in [-0.2, -0.15) is 4.68 Å². The average molecular weight is 488 g/mol. The van der Waals surface area contributed by atoms with Gasteiger partial charge in [0.2, 0.25) is 0 Å². The number of fused-ring (bicyclic) bond motifs is 1. The Morgan fingerprint density at radius 1 is 1.14 bits per heavy atom. The molecule has 2 aromatic carbocycles. The molecule has 0 aliphatic rings. The third-order valence-electron chi connectivity index (χ3n) is 5.35. The summed E-state index contributed by atoms with van der Waals surface area (Å²) in [5.74, 6) is 0.429. The standard InChI is InChI=1S/C24H20N6O6/c1-3-34-24(31)21-18(14-35-19-8-4-6-15-7-5-13-25-20(15)19)29(28-26-21)23-22(30(32)36-27-23)16-9-11-17(33-2)12-10-16/h4-13H,3,14H2,1-2H3. The van der Waals surface area contributed by atoms with Gasteiger partial charge in [-0.25, -0.2) is 4.79 Å². The summed E-state index contributed by atoms with van der Waals surface area (Å²) < 4.78 is 22.5. The van der Waals surface area contributed by atoms with E-state index in [1.807, 2.05) is 24.3 Å². The molecule has 0 bridgehead atoms. The fraction of sp³-hybridized carbons (Fsp3) is 0.167. The van der Waals surface area contributed by atoms with Crippen molar-refractivity contribution < 1.29 is 28.5 Å². The van der Waals surface area contributed by atoms with Gasteiger partial charge in [-0.3, -0.25) is 9.61 Å². The first-order chi connectivity index (χ1) is 17.6. The number of aromatic nitrogens is 6. The average Bonchev–Trinajstić information content (AvgIpc) is 3.50. The lowest BCUT2D eigenvalue weighted by atomic mass is 10.1. The van der Waals surface area contributed by atoms with Crippen LogP contribution in [0, 0.1) is 5.21 Å². The van der Waals surface area contributed by atoms with Crippen LogP contribution in [0.2, 0.25) is 0 Å². The molecule has 3 aromatic heterocycles. The third-order valence-corrected chi connectivity index (χ3v) is 5.35. The lowest BCUT2D eigenvalue weighted by Crippen LogP contribution is -2.26. The number of methoxy groups -OCH3 is 1. The van der Waals surface area contributed by atoms with Crippen LogP contribution in [0.1, 0.15) is 23.1 Å². The van der Waals surface area contributed by atoms with Gasteiger partial charge in [-0.1, -0.05) is 23.4 Å². The minimum absolute atomic E-state index is 0.0212. The maximum atomic E-state index is 12.6. The molecule has 0 radical (unpaired) electrons. The second kappa shape index (κ2) is 9.70. The van der Waals surface area contributed by atoms with Crippen LogP contribution in [0.15, 0.2) is 65.4 Å².